The number of aliphatic carboxylic acids is 1. The first-order chi connectivity index (χ1) is 20.0. The number of rotatable bonds is 10. The second-order valence-electron chi connectivity index (χ2n) is 9.67. The summed E-state index contributed by atoms with van der Waals surface area (Å²) in [6.07, 6.45) is 1.76. The Balaban J connectivity index is 1.66. The molecule has 0 saturated carbocycles. The van der Waals surface area contributed by atoms with Gasteiger partial charge in [0.25, 0.3) is 11.5 Å². The minimum absolute atomic E-state index is 0.0741. The van der Waals surface area contributed by atoms with E-state index in [1.807, 2.05) is 18.2 Å². The SMILES string of the molecule is CC[C@@](C)(NCc1ccc(-c2cccc(-c3cccc(NC(=O)c4ccnn(C)c4=O)c3Cl)c2Cl)nc1OC)C(=O)O. The van der Waals surface area contributed by atoms with Crippen molar-refractivity contribution in [2.24, 2.45) is 7.05 Å². The van der Waals surface area contributed by atoms with Crippen molar-refractivity contribution in [2.75, 3.05) is 12.4 Å². The number of ether oxygens (including phenoxy) is 1. The van der Waals surface area contributed by atoms with Gasteiger partial charge in [-0.05, 0) is 31.5 Å². The fourth-order valence-electron chi connectivity index (χ4n) is 4.22. The van der Waals surface area contributed by atoms with Crippen molar-refractivity contribution in [3.63, 3.8) is 0 Å². The predicted octanol–water partition coefficient (Wildman–Crippen LogP) is 5.42. The van der Waals surface area contributed by atoms with Gasteiger partial charge >= 0.3 is 5.97 Å². The Bertz CT molecular complexity index is 1730. The highest BCUT2D eigenvalue weighted by Gasteiger charge is 2.30. The molecule has 0 aliphatic carbocycles. The van der Waals surface area contributed by atoms with Crippen LogP contribution in [-0.2, 0) is 18.4 Å². The number of carboxylic acid groups (broad SMARTS) is 1. The zero-order valence-electron chi connectivity index (χ0n) is 23.4. The molecule has 0 spiro atoms. The van der Waals surface area contributed by atoms with Crippen molar-refractivity contribution in [2.45, 2.75) is 32.4 Å². The molecule has 0 radical (unpaired) electrons. The summed E-state index contributed by atoms with van der Waals surface area (Å²) >= 11 is 13.6. The Hall–Kier alpha value is -4.25. The van der Waals surface area contributed by atoms with E-state index in [1.54, 1.807) is 44.2 Å². The number of aromatic nitrogens is 3. The van der Waals surface area contributed by atoms with Gasteiger partial charge in [0.2, 0.25) is 5.88 Å². The molecule has 1 amide bonds. The first kappa shape index (κ1) is 30.7. The van der Waals surface area contributed by atoms with Crippen molar-refractivity contribution < 1.29 is 19.4 Å². The largest absolute Gasteiger partial charge is 0.481 e. The van der Waals surface area contributed by atoms with Crippen molar-refractivity contribution in [1.29, 1.82) is 0 Å². The lowest BCUT2D eigenvalue weighted by atomic mass is 9.98. The summed E-state index contributed by atoms with van der Waals surface area (Å²) in [4.78, 5) is 41.5. The summed E-state index contributed by atoms with van der Waals surface area (Å²) in [5.41, 5.74) is 1.59. The Labute approximate surface area is 252 Å². The number of halogens is 2. The van der Waals surface area contributed by atoms with E-state index in [4.69, 9.17) is 27.9 Å². The number of nitrogens with zero attached hydrogens (tertiary/aromatic N) is 3. The van der Waals surface area contributed by atoms with Gasteiger partial charge in [-0.1, -0.05) is 66.5 Å². The minimum Gasteiger partial charge on any atom is -0.481 e. The smallest absolute Gasteiger partial charge is 0.323 e. The molecule has 2 aromatic heterocycles. The number of hydrogen-bond acceptors (Lipinski definition) is 7. The molecule has 42 heavy (non-hydrogen) atoms. The zero-order chi connectivity index (χ0) is 30.6. The molecule has 0 saturated heterocycles. The van der Waals surface area contributed by atoms with Crippen molar-refractivity contribution in [3.05, 3.63) is 92.3 Å². The van der Waals surface area contributed by atoms with Crippen LogP contribution in [0.15, 0.2) is 65.6 Å². The highest BCUT2D eigenvalue weighted by molar-refractivity contribution is 6.39. The van der Waals surface area contributed by atoms with Crippen LogP contribution >= 0.6 is 23.2 Å². The molecule has 0 bridgehead atoms. The maximum absolute atomic E-state index is 12.8. The number of methoxy groups -OCH3 is 1. The van der Waals surface area contributed by atoms with E-state index in [2.05, 4.69) is 20.7 Å². The van der Waals surface area contributed by atoms with E-state index < -0.39 is 23.0 Å². The summed E-state index contributed by atoms with van der Waals surface area (Å²) in [5, 5.41) is 19.8. The number of amides is 1. The molecule has 4 aromatic rings. The quantitative estimate of drug-likeness (QED) is 0.217. The minimum atomic E-state index is -1.10. The van der Waals surface area contributed by atoms with Gasteiger partial charge in [-0.2, -0.15) is 5.10 Å². The number of pyridine rings is 1. The molecule has 0 unspecified atom stereocenters. The van der Waals surface area contributed by atoms with E-state index in [9.17, 15) is 19.5 Å². The summed E-state index contributed by atoms with van der Waals surface area (Å²) in [6.45, 7) is 3.66. The number of anilines is 1. The van der Waals surface area contributed by atoms with Gasteiger partial charge in [-0.15, -0.1) is 0 Å². The van der Waals surface area contributed by atoms with Gasteiger partial charge < -0.3 is 15.2 Å². The molecular formula is C30H29Cl2N5O5. The van der Waals surface area contributed by atoms with Crippen molar-refractivity contribution in [3.8, 4) is 28.3 Å². The van der Waals surface area contributed by atoms with Crippen molar-refractivity contribution >= 4 is 40.8 Å². The Kier molecular flexibility index (Phi) is 9.30. The van der Waals surface area contributed by atoms with Crippen LogP contribution in [0.5, 0.6) is 5.88 Å². The second-order valence-corrected chi connectivity index (χ2v) is 10.4. The number of hydrogen-bond donors (Lipinski definition) is 3. The van der Waals surface area contributed by atoms with Crippen LogP contribution in [0.4, 0.5) is 5.69 Å². The number of benzene rings is 2. The number of carboxylic acids is 1. The van der Waals surface area contributed by atoms with Crippen LogP contribution in [0, 0.1) is 0 Å². The van der Waals surface area contributed by atoms with Gasteiger partial charge in [0.15, 0.2) is 0 Å². The van der Waals surface area contributed by atoms with E-state index in [-0.39, 0.29) is 17.1 Å². The normalized spacial score (nSPS) is 12.4. The Morgan fingerprint density at radius 1 is 1.02 bits per heavy atom. The molecule has 0 fully saturated rings. The van der Waals surface area contributed by atoms with Gasteiger partial charge in [0.1, 0.15) is 11.1 Å². The molecule has 0 aliphatic rings. The average molecular weight is 610 g/mol. The number of aryl methyl sites for hydroxylation is 1. The Morgan fingerprint density at radius 2 is 1.69 bits per heavy atom. The predicted molar refractivity (Wildman–Crippen MR) is 162 cm³/mol. The molecule has 1 atom stereocenters. The molecule has 12 heteroatoms. The number of carbonyl (C=O) groups is 2. The van der Waals surface area contributed by atoms with Crippen LogP contribution in [0.3, 0.4) is 0 Å². The summed E-state index contributed by atoms with van der Waals surface area (Å²) in [6, 6.07) is 15.4. The lowest BCUT2D eigenvalue weighted by molar-refractivity contribution is -0.144. The maximum Gasteiger partial charge on any atom is 0.323 e. The molecule has 4 rings (SSSR count). The zero-order valence-corrected chi connectivity index (χ0v) is 24.9. The van der Waals surface area contributed by atoms with Crippen LogP contribution in [0.25, 0.3) is 22.4 Å². The monoisotopic (exact) mass is 609 g/mol. The molecule has 10 nitrogen and oxygen atoms in total. The molecule has 218 valence electrons. The van der Waals surface area contributed by atoms with E-state index in [0.29, 0.717) is 51.0 Å². The van der Waals surface area contributed by atoms with Crippen LogP contribution in [0.2, 0.25) is 10.0 Å². The maximum atomic E-state index is 12.8. The van der Waals surface area contributed by atoms with Gasteiger partial charge in [-0.25, -0.2) is 9.67 Å². The lowest BCUT2D eigenvalue weighted by Gasteiger charge is -2.25. The van der Waals surface area contributed by atoms with E-state index >= 15 is 0 Å². The first-order valence-electron chi connectivity index (χ1n) is 12.9. The lowest BCUT2D eigenvalue weighted by Crippen LogP contribution is -2.48. The van der Waals surface area contributed by atoms with Crippen LogP contribution < -0.4 is 20.9 Å². The molecule has 3 N–H and O–H groups in total. The van der Waals surface area contributed by atoms with E-state index in [0.717, 1.165) is 4.68 Å². The van der Waals surface area contributed by atoms with Crippen LogP contribution in [0.1, 0.15) is 36.2 Å². The third-order valence-corrected chi connectivity index (χ3v) is 7.86. The standard InChI is InChI=1S/C30H29Cl2N5O5/c1-5-30(2,29(40)41)33-16-17-12-13-22(36-27(17)42-4)20-10-6-8-18(24(20)31)19-9-7-11-23(25(19)32)35-26(38)21-14-15-34-37(3)28(21)39/h6-15,33H,5,16H2,1-4H3,(H,35,38)(H,40,41)/t30-/m1/s1. The molecule has 0 aliphatic heterocycles. The van der Waals surface area contributed by atoms with Crippen LogP contribution in [-0.4, -0.2) is 44.4 Å². The van der Waals surface area contributed by atoms with Gasteiger partial charge in [-0.3, -0.25) is 19.7 Å². The molecule has 2 heterocycles. The third kappa shape index (κ3) is 6.15. The average Bonchev–Trinajstić information content (AvgIpc) is 2.98. The second kappa shape index (κ2) is 12.7. The summed E-state index contributed by atoms with van der Waals surface area (Å²) < 4.78 is 6.59. The van der Waals surface area contributed by atoms with Crippen molar-refractivity contribution in [1.82, 2.24) is 20.1 Å². The van der Waals surface area contributed by atoms with Gasteiger partial charge in [0, 0.05) is 42.0 Å². The topological polar surface area (TPSA) is 135 Å². The number of nitrogens with one attached hydrogen (secondary N) is 2. The fraction of sp³-hybridized carbons (Fsp3) is 0.233. The highest BCUT2D eigenvalue weighted by Crippen LogP contribution is 2.41. The fourth-order valence-corrected chi connectivity index (χ4v) is 4.82. The summed E-state index contributed by atoms with van der Waals surface area (Å²) in [7, 11) is 2.95. The number of carbonyl (C=O) groups excluding carboxylic acids is 1. The Morgan fingerprint density at radius 3 is 2.36 bits per heavy atom. The molecule has 2 aromatic carbocycles. The highest BCUT2D eigenvalue weighted by atomic mass is 35.5. The third-order valence-electron chi connectivity index (χ3n) is 7.04. The first-order valence-corrected chi connectivity index (χ1v) is 13.7. The summed E-state index contributed by atoms with van der Waals surface area (Å²) in [5.74, 6) is -1.23. The van der Waals surface area contributed by atoms with E-state index in [1.165, 1.54) is 26.4 Å². The molecular weight excluding hydrogens is 581 g/mol. The van der Waals surface area contributed by atoms with Gasteiger partial charge in [0.05, 0.1) is 28.5 Å².